The highest BCUT2D eigenvalue weighted by Gasteiger charge is 2.05. The van der Waals surface area contributed by atoms with Crippen molar-refractivity contribution < 1.29 is 9.15 Å². The van der Waals surface area contributed by atoms with Crippen LogP contribution < -0.4 is 10.1 Å². The highest BCUT2D eigenvalue weighted by Crippen LogP contribution is 2.23. The molecule has 2 aromatic rings. The van der Waals surface area contributed by atoms with Gasteiger partial charge in [0.15, 0.2) is 0 Å². The molecule has 1 aromatic heterocycles. The molecule has 0 saturated heterocycles. The van der Waals surface area contributed by atoms with Crippen LogP contribution in [0, 0.1) is 0 Å². The van der Waals surface area contributed by atoms with E-state index in [1.807, 2.05) is 38.1 Å². The molecule has 90 valence electrons. The van der Waals surface area contributed by atoms with Crippen molar-refractivity contribution in [2.24, 2.45) is 0 Å². The fourth-order valence-electron chi connectivity index (χ4n) is 1.50. The number of rotatable bonds is 4. The molecule has 0 aliphatic heterocycles. The van der Waals surface area contributed by atoms with Crippen LogP contribution in [0.3, 0.4) is 0 Å². The van der Waals surface area contributed by atoms with Crippen molar-refractivity contribution in [3.05, 3.63) is 30.5 Å². The smallest absolute Gasteiger partial charge is 0.294 e. The molecule has 0 saturated carbocycles. The van der Waals surface area contributed by atoms with E-state index in [2.05, 4.69) is 10.3 Å². The Kier molecular flexibility index (Phi) is 3.32. The van der Waals surface area contributed by atoms with Gasteiger partial charge in [0.25, 0.3) is 6.01 Å². The number of benzene rings is 1. The minimum Gasteiger partial charge on any atom is -0.491 e. The predicted molar refractivity (Wildman–Crippen MR) is 67.2 cm³/mol. The van der Waals surface area contributed by atoms with Gasteiger partial charge in [-0.05, 0) is 38.1 Å². The van der Waals surface area contributed by atoms with Gasteiger partial charge in [-0.15, -0.1) is 0 Å². The van der Waals surface area contributed by atoms with Gasteiger partial charge in [-0.3, -0.25) is 0 Å². The summed E-state index contributed by atoms with van der Waals surface area (Å²) < 4.78 is 10.8. The molecule has 1 heterocycles. The van der Waals surface area contributed by atoms with Gasteiger partial charge < -0.3 is 14.5 Å². The first-order chi connectivity index (χ1) is 8.19. The van der Waals surface area contributed by atoms with Crippen molar-refractivity contribution in [1.29, 1.82) is 0 Å². The second-order valence-corrected chi connectivity index (χ2v) is 3.98. The van der Waals surface area contributed by atoms with Gasteiger partial charge >= 0.3 is 0 Å². The molecule has 0 amide bonds. The van der Waals surface area contributed by atoms with Crippen molar-refractivity contribution in [2.75, 3.05) is 12.4 Å². The van der Waals surface area contributed by atoms with Gasteiger partial charge in [0.05, 0.1) is 6.10 Å². The first-order valence-electron chi connectivity index (χ1n) is 5.59. The minimum atomic E-state index is 0.184. The predicted octanol–water partition coefficient (Wildman–Crippen LogP) is 3.17. The summed E-state index contributed by atoms with van der Waals surface area (Å²) in [7, 11) is 1.77. The molecule has 0 radical (unpaired) electrons. The number of oxazole rings is 1. The Hall–Kier alpha value is -1.97. The molecule has 0 aliphatic carbocycles. The van der Waals surface area contributed by atoms with E-state index in [-0.39, 0.29) is 6.10 Å². The van der Waals surface area contributed by atoms with E-state index in [1.54, 1.807) is 13.3 Å². The molecular formula is C13H16N2O2. The lowest BCUT2D eigenvalue weighted by Gasteiger charge is -2.09. The number of ether oxygens (including phenoxy) is 1. The van der Waals surface area contributed by atoms with Crippen molar-refractivity contribution in [2.45, 2.75) is 20.0 Å². The fraction of sp³-hybridized carbons (Fsp3) is 0.308. The van der Waals surface area contributed by atoms with Crippen molar-refractivity contribution in [3.63, 3.8) is 0 Å². The third-order valence-corrected chi connectivity index (χ3v) is 2.24. The van der Waals surface area contributed by atoms with Crippen LogP contribution in [0.4, 0.5) is 6.01 Å². The maximum atomic E-state index is 5.58. The molecule has 17 heavy (non-hydrogen) atoms. The minimum absolute atomic E-state index is 0.184. The van der Waals surface area contributed by atoms with E-state index < -0.39 is 0 Å². The molecule has 4 nitrogen and oxygen atoms in total. The van der Waals surface area contributed by atoms with Gasteiger partial charge in [0.2, 0.25) is 0 Å². The Morgan fingerprint density at radius 2 is 1.94 bits per heavy atom. The van der Waals surface area contributed by atoms with Gasteiger partial charge in [0.1, 0.15) is 17.7 Å². The summed E-state index contributed by atoms with van der Waals surface area (Å²) in [6.45, 7) is 4.01. The van der Waals surface area contributed by atoms with Gasteiger partial charge in [-0.25, -0.2) is 0 Å². The molecule has 0 unspecified atom stereocenters. The van der Waals surface area contributed by atoms with E-state index in [0.29, 0.717) is 6.01 Å². The highest BCUT2D eigenvalue weighted by molar-refractivity contribution is 5.60. The van der Waals surface area contributed by atoms with Crippen LogP contribution in [0.5, 0.6) is 5.75 Å². The van der Waals surface area contributed by atoms with E-state index in [0.717, 1.165) is 17.0 Å². The molecular weight excluding hydrogens is 216 g/mol. The zero-order valence-electron chi connectivity index (χ0n) is 10.2. The van der Waals surface area contributed by atoms with E-state index >= 15 is 0 Å². The summed E-state index contributed by atoms with van der Waals surface area (Å²) in [5.74, 6) is 0.862. The number of hydrogen-bond acceptors (Lipinski definition) is 4. The zero-order valence-corrected chi connectivity index (χ0v) is 10.2. The summed E-state index contributed by atoms with van der Waals surface area (Å²) in [6, 6.07) is 8.32. The van der Waals surface area contributed by atoms with Gasteiger partial charge in [0, 0.05) is 12.6 Å². The molecule has 0 aliphatic rings. The zero-order chi connectivity index (χ0) is 12.3. The summed E-state index contributed by atoms with van der Waals surface area (Å²) in [6.07, 6.45) is 1.81. The Morgan fingerprint density at radius 3 is 2.47 bits per heavy atom. The Labute approximate surface area is 101 Å². The molecule has 0 fully saturated rings. The van der Waals surface area contributed by atoms with E-state index in [4.69, 9.17) is 9.15 Å². The van der Waals surface area contributed by atoms with Crippen LogP contribution >= 0.6 is 0 Å². The van der Waals surface area contributed by atoms with Crippen LogP contribution in [-0.4, -0.2) is 18.1 Å². The quantitative estimate of drug-likeness (QED) is 0.879. The SMILES string of the molecule is CNc1nc(-c2ccc(OC(C)C)cc2)co1. The second-order valence-electron chi connectivity index (χ2n) is 3.98. The Morgan fingerprint density at radius 1 is 1.24 bits per heavy atom. The van der Waals surface area contributed by atoms with E-state index in [9.17, 15) is 0 Å². The third-order valence-electron chi connectivity index (χ3n) is 2.24. The molecule has 0 spiro atoms. The number of hydrogen-bond donors (Lipinski definition) is 1. The molecule has 1 N–H and O–H groups in total. The average molecular weight is 232 g/mol. The van der Waals surface area contributed by atoms with Crippen LogP contribution in [0.25, 0.3) is 11.3 Å². The van der Waals surface area contributed by atoms with Crippen LogP contribution in [0.2, 0.25) is 0 Å². The Bertz CT molecular complexity index is 474. The van der Waals surface area contributed by atoms with Crippen molar-refractivity contribution in [1.82, 2.24) is 4.98 Å². The lowest BCUT2D eigenvalue weighted by molar-refractivity contribution is 0.242. The van der Waals surface area contributed by atoms with E-state index in [1.165, 1.54) is 0 Å². The maximum absolute atomic E-state index is 5.58. The van der Waals surface area contributed by atoms with Crippen molar-refractivity contribution in [3.8, 4) is 17.0 Å². The first-order valence-corrected chi connectivity index (χ1v) is 5.59. The average Bonchev–Trinajstić information content (AvgIpc) is 2.78. The van der Waals surface area contributed by atoms with Crippen LogP contribution in [-0.2, 0) is 0 Å². The largest absolute Gasteiger partial charge is 0.491 e. The molecule has 4 heteroatoms. The molecule has 0 bridgehead atoms. The summed E-state index contributed by atoms with van der Waals surface area (Å²) in [4.78, 5) is 4.27. The number of nitrogens with zero attached hydrogens (tertiary/aromatic N) is 1. The maximum Gasteiger partial charge on any atom is 0.294 e. The fourth-order valence-corrected chi connectivity index (χ4v) is 1.50. The lowest BCUT2D eigenvalue weighted by Crippen LogP contribution is -2.05. The van der Waals surface area contributed by atoms with Crippen molar-refractivity contribution >= 4 is 6.01 Å². The van der Waals surface area contributed by atoms with Gasteiger partial charge in [-0.1, -0.05) is 0 Å². The van der Waals surface area contributed by atoms with Crippen LogP contribution in [0.1, 0.15) is 13.8 Å². The van der Waals surface area contributed by atoms with Crippen LogP contribution in [0.15, 0.2) is 34.9 Å². The monoisotopic (exact) mass is 232 g/mol. The third kappa shape index (κ3) is 2.78. The molecule has 0 atom stereocenters. The second kappa shape index (κ2) is 4.91. The topological polar surface area (TPSA) is 47.3 Å². The number of aromatic nitrogens is 1. The molecule has 1 aromatic carbocycles. The Balaban J connectivity index is 2.17. The lowest BCUT2D eigenvalue weighted by atomic mass is 10.2. The number of anilines is 1. The summed E-state index contributed by atoms with van der Waals surface area (Å²) >= 11 is 0. The summed E-state index contributed by atoms with van der Waals surface area (Å²) in [5.41, 5.74) is 1.82. The highest BCUT2D eigenvalue weighted by atomic mass is 16.5. The molecule has 2 rings (SSSR count). The standard InChI is InChI=1S/C13H16N2O2/c1-9(2)17-11-6-4-10(5-7-11)12-8-16-13(14-3)15-12/h4-9H,1-3H3,(H,14,15). The first kappa shape index (κ1) is 11.5. The summed E-state index contributed by atoms with van der Waals surface area (Å²) in [5, 5.41) is 2.85. The number of nitrogens with one attached hydrogen (secondary N) is 1. The van der Waals surface area contributed by atoms with Gasteiger partial charge in [-0.2, -0.15) is 4.98 Å². The normalized spacial score (nSPS) is 10.6.